The van der Waals surface area contributed by atoms with Crippen molar-refractivity contribution in [2.45, 2.75) is 13.3 Å². The lowest BCUT2D eigenvalue weighted by molar-refractivity contribution is -0.117. The average molecular weight is 317 g/mol. The second-order valence-electron chi connectivity index (χ2n) is 5.00. The van der Waals surface area contributed by atoms with E-state index in [9.17, 15) is 26.3 Å². The Balaban J connectivity index is 2.23. The van der Waals surface area contributed by atoms with Gasteiger partial charge in [0.05, 0.1) is 11.4 Å². The van der Waals surface area contributed by atoms with E-state index in [0.717, 1.165) is 11.0 Å². The molecule has 2 rings (SSSR count). The molecule has 0 radical (unpaired) electrons. The van der Waals surface area contributed by atoms with Crippen LogP contribution < -0.4 is 4.90 Å². The molecular formula is C13H13F2NO4S. The van der Waals surface area contributed by atoms with Gasteiger partial charge < -0.3 is 4.90 Å². The van der Waals surface area contributed by atoms with Gasteiger partial charge in [0.25, 0.3) is 0 Å². The first-order valence-electron chi connectivity index (χ1n) is 6.20. The van der Waals surface area contributed by atoms with Gasteiger partial charge in [0.15, 0.2) is 5.78 Å². The minimum absolute atomic E-state index is 0.0382. The standard InChI is InChI=1S/C13H13F2NO4S/c1-8(17)10-2-3-12(11(14)5-10)16-6-9(4-13(16)18)7-21(15,19)20/h2-3,5,9H,4,6-7H2,1H3. The minimum atomic E-state index is -4.68. The summed E-state index contributed by atoms with van der Waals surface area (Å²) in [6, 6.07) is 3.69. The van der Waals surface area contributed by atoms with Crippen LogP contribution in [0.2, 0.25) is 0 Å². The van der Waals surface area contributed by atoms with E-state index in [-0.39, 0.29) is 30.0 Å². The molecule has 1 amide bonds. The Morgan fingerprint density at radius 2 is 2.10 bits per heavy atom. The number of carbonyl (C=O) groups excluding carboxylic acids is 2. The highest BCUT2D eigenvalue weighted by Gasteiger charge is 2.34. The maximum atomic E-state index is 14.0. The summed E-state index contributed by atoms with van der Waals surface area (Å²) in [5.74, 6) is -3.01. The second kappa shape index (κ2) is 5.51. The molecule has 1 aliphatic heterocycles. The van der Waals surface area contributed by atoms with Crippen LogP contribution in [-0.2, 0) is 15.0 Å². The number of hydrogen-bond acceptors (Lipinski definition) is 4. The molecule has 1 aromatic rings. The van der Waals surface area contributed by atoms with Gasteiger partial charge in [-0.15, -0.1) is 3.89 Å². The molecule has 0 aromatic heterocycles. The summed E-state index contributed by atoms with van der Waals surface area (Å²) >= 11 is 0. The monoisotopic (exact) mass is 317 g/mol. The van der Waals surface area contributed by atoms with E-state index >= 15 is 0 Å². The van der Waals surface area contributed by atoms with Crippen LogP contribution in [0.4, 0.5) is 14.0 Å². The molecule has 21 heavy (non-hydrogen) atoms. The fourth-order valence-electron chi connectivity index (χ4n) is 2.35. The number of carbonyl (C=O) groups is 2. The van der Waals surface area contributed by atoms with E-state index in [1.54, 1.807) is 0 Å². The number of halogens is 2. The number of Topliss-reactive ketones (excluding diaryl/α,β-unsaturated/α-hetero) is 1. The van der Waals surface area contributed by atoms with Gasteiger partial charge >= 0.3 is 10.2 Å². The molecule has 1 unspecified atom stereocenters. The highest BCUT2D eigenvalue weighted by molar-refractivity contribution is 7.86. The number of rotatable bonds is 4. The Morgan fingerprint density at radius 3 is 2.62 bits per heavy atom. The normalized spacial score (nSPS) is 19.1. The van der Waals surface area contributed by atoms with Crippen LogP contribution in [0.15, 0.2) is 18.2 Å². The molecule has 8 heteroatoms. The maximum absolute atomic E-state index is 14.0. The van der Waals surface area contributed by atoms with Crippen molar-refractivity contribution in [1.29, 1.82) is 0 Å². The molecule has 0 N–H and O–H groups in total. The van der Waals surface area contributed by atoms with Crippen molar-refractivity contribution in [3.8, 4) is 0 Å². The van der Waals surface area contributed by atoms with E-state index in [4.69, 9.17) is 0 Å². The molecule has 114 valence electrons. The van der Waals surface area contributed by atoms with Crippen LogP contribution in [0.1, 0.15) is 23.7 Å². The molecule has 0 spiro atoms. The summed E-state index contributed by atoms with van der Waals surface area (Å²) < 4.78 is 47.8. The number of benzene rings is 1. The molecule has 0 saturated carbocycles. The Labute approximate surface area is 120 Å². The van der Waals surface area contributed by atoms with Crippen molar-refractivity contribution < 1.29 is 26.3 Å². The summed E-state index contributed by atoms with van der Waals surface area (Å²) in [6.07, 6.45) is -0.156. The van der Waals surface area contributed by atoms with Crippen LogP contribution in [0, 0.1) is 11.7 Å². The third-order valence-electron chi connectivity index (χ3n) is 3.28. The molecule has 0 aliphatic carbocycles. The predicted molar refractivity (Wildman–Crippen MR) is 71.8 cm³/mol. The molecular weight excluding hydrogens is 304 g/mol. The molecule has 0 bridgehead atoms. The lowest BCUT2D eigenvalue weighted by Crippen LogP contribution is -2.26. The largest absolute Gasteiger partial charge is 0.309 e. The summed E-state index contributed by atoms with van der Waals surface area (Å²) in [5.41, 5.74) is 0.134. The molecule has 1 saturated heterocycles. The highest BCUT2D eigenvalue weighted by Crippen LogP contribution is 2.29. The summed E-state index contributed by atoms with van der Waals surface area (Å²) in [6.45, 7) is 1.22. The third kappa shape index (κ3) is 3.63. The highest BCUT2D eigenvalue weighted by atomic mass is 32.3. The second-order valence-corrected chi connectivity index (χ2v) is 6.41. The van der Waals surface area contributed by atoms with Gasteiger partial charge in [-0.3, -0.25) is 9.59 Å². The minimum Gasteiger partial charge on any atom is -0.309 e. The van der Waals surface area contributed by atoms with Gasteiger partial charge in [0.2, 0.25) is 5.91 Å². The lowest BCUT2D eigenvalue weighted by Gasteiger charge is -2.17. The Kier molecular flexibility index (Phi) is 4.08. The molecule has 1 fully saturated rings. The summed E-state index contributed by atoms with van der Waals surface area (Å²) in [7, 11) is -4.68. The van der Waals surface area contributed by atoms with Crippen LogP contribution in [0.5, 0.6) is 0 Å². The Morgan fingerprint density at radius 1 is 1.43 bits per heavy atom. The number of hydrogen-bond donors (Lipinski definition) is 0. The van der Waals surface area contributed by atoms with Gasteiger partial charge in [0.1, 0.15) is 5.82 Å². The SMILES string of the molecule is CC(=O)c1ccc(N2CC(CS(=O)(=O)F)CC2=O)c(F)c1. The van der Waals surface area contributed by atoms with E-state index in [2.05, 4.69) is 0 Å². The van der Waals surface area contributed by atoms with Gasteiger partial charge in [-0.2, -0.15) is 8.42 Å². The molecule has 1 heterocycles. The number of anilines is 1. The number of nitrogens with zero attached hydrogens (tertiary/aromatic N) is 1. The van der Waals surface area contributed by atoms with E-state index in [1.165, 1.54) is 19.1 Å². The zero-order valence-corrected chi connectivity index (χ0v) is 12.0. The zero-order chi connectivity index (χ0) is 15.8. The Bertz CT molecular complexity index is 702. The van der Waals surface area contributed by atoms with Crippen LogP contribution in [0.3, 0.4) is 0 Å². The quantitative estimate of drug-likeness (QED) is 0.626. The van der Waals surface area contributed by atoms with E-state index < -0.39 is 33.6 Å². The van der Waals surface area contributed by atoms with Crippen molar-refractivity contribution in [3.05, 3.63) is 29.6 Å². The first-order valence-corrected chi connectivity index (χ1v) is 7.76. The van der Waals surface area contributed by atoms with E-state index in [0.29, 0.717) is 0 Å². The molecule has 1 aliphatic rings. The van der Waals surface area contributed by atoms with Crippen molar-refractivity contribution >= 4 is 27.6 Å². The summed E-state index contributed by atoms with van der Waals surface area (Å²) in [5, 5.41) is 0. The predicted octanol–water partition coefficient (Wildman–Crippen LogP) is 1.68. The van der Waals surface area contributed by atoms with E-state index in [1.807, 2.05) is 0 Å². The topological polar surface area (TPSA) is 71.5 Å². The molecule has 1 atom stereocenters. The van der Waals surface area contributed by atoms with Crippen LogP contribution in [0.25, 0.3) is 0 Å². The molecule has 5 nitrogen and oxygen atoms in total. The van der Waals surface area contributed by atoms with Gasteiger partial charge in [-0.05, 0) is 25.1 Å². The smallest absolute Gasteiger partial charge is 0.302 e. The van der Waals surface area contributed by atoms with Crippen LogP contribution >= 0.6 is 0 Å². The first-order chi connectivity index (χ1) is 9.67. The average Bonchev–Trinajstić information content (AvgIpc) is 2.67. The lowest BCUT2D eigenvalue weighted by atomic mass is 10.1. The van der Waals surface area contributed by atoms with Crippen molar-refractivity contribution in [2.75, 3.05) is 17.2 Å². The third-order valence-corrected chi connectivity index (χ3v) is 4.15. The fraction of sp³-hybridized carbons (Fsp3) is 0.385. The summed E-state index contributed by atoms with van der Waals surface area (Å²) in [4.78, 5) is 24.0. The van der Waals surface area contributed by atoms with Crippen molar-refractivity contribution in [3.63, 3.8) is 0 Å². The number of amides is 1. The van der Waals surface area contributed by atoms with Crippen LogP contribution in [-0.4, -0.2) is 32.4 Å². The van der Waals surface area contributed by atoms with Gasteiger partial charge in [-0.1, -0.05) is 0 Å². The number of ketones is 1. The van der Waals surface area contributed by atoms with Gasteiger partial charge in [0, 0.05) is 24.4 Å². The zero-order valence-electron chi connectivity index (χ0n) is 11.2. The Hall–Kier alpha value is -1.83. The fourth-order valence-corrected chi connectivity index (χ4v) is 3.14. The van der Waals surface area contributed by atoms with Crippen molar-refractivity contribution in [2.24, 2.45) is 5.92 Å². The molecule has 1 aromatic carbocycles. The first kappa shape index (κ1) is 15.6. The van der Waals surface area contributed by atoms with Gasteiger partial charge in [-0.25, -0.2) is 4.39 Å². The maximum Gasteiger partial charge on any atom is 0.302 e. The van der Waals surface area contributed by atoms with Crippen molar-refractivity contribution in [1.82, 2.24) is 0 Å².